The summed E-state index contributed by atoms with van der Waals surface area (Å²) in [5.74, 6) is -1.52. The SMILES string of the molecule is COC(=O)c1c(C(F)(F)F)cc(Br)nc1C(F)F. The third-order valence-electron chi connectivity index (χ3n) is 1.92. The van der Waals surface area contributed by atoms with Crippen LogP contribution in [0.2, 0.25) is 0 Å². The third kappa shape index (κ3) is 2.95. The summed E-state index contributed by atoms with van der Waals surface area (Å²) in [4.78, 5) is 14.4. The van der Waals surface area contributed by atoms with Crippen LogP contribution < -0.4 is 0 Å². The number of pyridine rings is 1. The lowest BCUT2D eigenvalue weighted by Crippen LogP contribution is -2.18. The Morgan fingerprint density at radius 3 is 2.39 bits per heavy atom. The van der Waals surface area contributed by atoms with Crippen LogP contribution in [0.25, 0.3) is 0 Å². The van der Waals surface area contributed by atoms with Crippen molar-refractivity contribution in [1.29, 1.82) is 0 Å². The van der Waals surface area contributed by atoms with Crippen molar-refractivity contribution in [2.75, 3.05) is 7.11 Å². The van der Waals surface area contributed by atoms with Gasteiger partial charge in [-0.1, -0.05) is 0 Å². The number of aromatic nitrogens is 1. The normalized spacial score (nSPS) is 11.8. The molecule has 1 rings (SSSR count). The number of ether oxygens (including phenoxy) is 1. The molecule has 0 spiro atoms. The number of halogens is 6. The minimum Gasteiger partial charge on any atom is -0.465 e. The van der Waals surface area contributed by atoms with Crippen molar-refractivity contribution < 1.29 is 31.5 Å². The molecular formula is C9H5BrF5NO2. The summed E-state index contributed by atoms with van der Waals surface area (Å²) in [7, 11) is 0.791. The standard InChI is InChI=1S/C9H5BrF5NO2/c1-18-8(17)5-3(9(13,14)15)2-4(10)16-6(5)7(11)12/h2,7H,1H3. The van der Waals surface area contributed by atoms with E-state index in [4.69, 9.17) is 0 Å². The smallest absolute Gasteiger partial charge is 0.417 e. The highest BCUT2D eigenvalue weighted by atomic mass is 79.9. The number of rotatable bonds is 2. The maximum Gasteiger partial charge on any atom is 0.417 e. The number of alkyl halides is 5. The highest BCUT2D eigenvalue weighted by molar-refractivity contribution is 9.10. The second kappa shape index (κ2) is 5.17. The van der Waals surface area contributed by atoms with E-state index in [-0.39, 0.29) is 0 Å². The van der Waals surface area contributed by atoms with Crippen molar-refractivity contribution in [3.05, 3.63) is 27.5 Å². The van der Waals surface area contributed by atoms with Gasteiger partial charge in [0.15, 0.2) is 0 Å². The molecule has 1 aromatic rings. The molecule has 3 nitrogen and oxygen atoms in total. The molecule has 9 heteroatoms. The highest BCUT2D eigenvalue weighted by Gasteiger charge is 2.39. The first-order valence-corrected chi connectivity index (χ1v) is 5.12. The van der Waals surface area contributed by atoms with Crippen molar-refractivity contribution >= 4 is 21.9 Å². The van der Waals surface area contributed by atoms with E-state index in [1.54, 1.807) is 0 Å². The molecule has 0 aliphatic rings. The average Bonchev–Trinajstić information content (AvgIpc) is 2.25. The summed E-state index contributed by atoms with van der Waals surface area (Å²) in [6.07, 6.45) is -8.31. The Bertz CT molecular complexity index is 475. The summed E-state index contributed by atoms with van der Waals surface area (Å²) in [6, 6.07) is 0.443. The van der Waals surface area contributed by atoms with E-state index in [1.807, 2.05) is 0 Å². The van der Waals surface area contributed by atoms with Crippen molar-refractivity contribution in [2.45, 2.75) is 12.6 Å². The molecule has 18 heavy (non-hydrogen) atoms. The molecular weight excluding hydrogens is 329 g/mol. The van der Waals surface area contributed by atoms with Crippen LogP contribution in [-0.2, 0) is 10.9 Å². The van der Waals surface area contributed by atoms with Gasteiger partial charge in [0.2, 0.25) is 0 Å². The van der Waals surface area contributed by atoms with Gasteiger partial charge in [0.1, 0.15) is 10.3 Å². The summed E-state index contributed by atoms with van der Waals surface area (Å²) in [5, 5.41) is 0. The van der Waals surface area contributed by atoms with Gasteiger partial charge < -0.3 is 4.74 Å². The summed E-state index contributed by atoms with van der Waals surface area (Å²) in [6.45, 7) is 0. The van der Waals surface area contributed by atoms with Gasteiger partial charge in [-0.2, -0.15) is 13.2 Å². The zero-order valence-electron chi connectivity index (χ0n) is 8.69. The molecule has 1 aromatic heterocycles. The Morgan fingerprint density at radius 1 is 1.44 bits per heavy atom. The van der Waals surface area contributed by atoms with E-state index >= 15 is 0 Å². The van der Waals surface area contributed by atoms with Gasteiger partial charge in [-0.25, -0.2) is 18.6 Å². The summed E-state index contributed by atoms with van der Waals surface area (Å²) in [5.41, 5.74) is -4.07. The van der Waals surface area contributed by atoms with Crippen LogP contribution in [0.15, 0.2) is 10.7 Å². The molecule has 0 saturated heterocycles. The first-order valence-electron chi connectivity index (χ1n) is 4.32. The number of hydrogen-bond acceptors (Lipinski definition) is 3. The Kier molecular flexibility index (Phi) is 4.25. The third-order valence-corrected chi connectivity index (χ3v) is 2.32. The Hall–Kier alpha value is -1.25. The zero-order valence-corrected chi connectivity index (χ0v) is 10.3. The monoisotopic (exact) mass is 333 g/mol. The van der Waals surface area contributed by atoms with Crippen molar-refractivity contribution in [1.82, 2.24) is 4.98 Å². The molecule has 0 aliphatic heterocycles. The fraction of sp³-hybridized carbons (Fsp3) is 0.333. The lowest BCUT2D eigenvalue weighted by Gasteiger charge is -2.14. The van der Waals surface area contributed by atoms with E-state index in [0.29, 0.717) is 6.07 Å². The lowest BCUT2D eigenvalue weighted by molar-refractivity contribution is -0.138. The molecule has 0 amide bonds. The summed E-state index contributed by atoms with van der Waals surface area (Å²) >= 11 is 2.58. The molecule has 0 bridgehead atoms. The highest BCUT2D eigenvalue weighted by Crippen LogP contribution is 2.37. The molecule has 0 radical (unpaired) electrons. The van der Waals surface area contributed by atoms with Crippen LogP contribution in [0.3, 0.4) is 0 Å². The van der Waals surface area contributed by atoms with E-state index < -0.39 is 40.0 Å². The molecule has 0 unspecified atom stereocenters. The maximum atomic E-state index is 12.7. The molecule has 1 heterocycles. The molecule has 0 N–H and O–H groups in total. The number of carbonyl (C=O) groups excluding carboxylic acids is 1. The Balaban J connectivity index is 3.64. The average molecular weight is 334 g/mol. The quantitative estimate of drug-likeness (QED) is 0.471. The van der Waals surface area contributed by atoms with Crippen LogP contribution in [0.1, 0.15) is 28.0 Å². The number of esters is 1. The molecule has 0 atom stereocenters. The largest absolute Gasteiger partial charge is 0.465 e. The number of nitrogens with zero attached hydrogens (tertiary/aromatic N) is 1. The first kappa shape index (κ1) is 14.8. The van der Waals surface area contributed by atoms with E-state index in [2.05, 4.69) is 25.7 Å². The van der Waals surface area contributed by atoms with Gasteiger partial charge >= 0.3 is 12.1 Å². The Morgan fingerprint density at radius 2 is 2.00 bits per heavy atom. The minimum absolute atomic E-state index is 0.443. The van der Waals surface area contributed by atoms with E-state index in [1.165, 1.54) is 0 Å². The number of carbonyl (C=O) groups is 1. The topological polar surface area (TPSA) is 39.2 Å². The maximum absolute atomic E-state index is 12.7. The first-order chi connectivity index (χ1) is 8.18. The van der Waals surface area contributed by atoms with Gasteiger partial charge in [0.05, 0.1) is 18.2 Å². The minimum atomic E-state index is -4.97. The van der Waals surface area contributed by atoms with Crippen LogP contribution in [0.4, 0.5) is 22.0 Å². The van der Waals surface area contributed by atoms with Crippen molar-refractivity contribution in [2.24, 2.45) is 0 Å². The predicted molar refractivity (Wildman–Crippen MR) is 53.2 cm³/mol. The molecule has 0 aromatic carbocycles. The lowest BCUT2D eigenvalue weighted by atomic mass is 10.1. The second-order valence-electron chi connectivity index (χ2n) is 3.04. The molecule has 0 fully saturated rings. The fourth-order valence-corrected chi connectivity index (χ4v) is 1.65. The number of methoxy groups -OCH3 is 1. The molecule has 0 saturated carbocycles. The molecule has 100 valence electrons. The predicted octanol–water partition coefficient (Wildman–Crippen LogP) is 3.59. The zero-order chi connectivity index (χ0) is 14.1. The molecule has 0 aliphatic carbocycles. The van der Waals surface area contributed by atoms with Crippen molar-refractivity contribution in [3.8, 4) is 0 Å². The van der Waals surface area contributed by atoms with Crippen molar-refractivity contribution in [3.63, 3.8) is 0 Å². The van der Waals surface area contributed by atoms with Gasteiger partial charge in [-0.3, -0.25) is 0 Å². The fourth-order valence-electron chi connectivity index (χ4n) is 1.23. The van der Waals surface area contributed by atoms with Gasteiger partial charge in [0.25, 0.3) is 6.43 Å². The Labute approximate surface area is 106 Å². The van der Waals surface area contributed by atoms with Crippen LogP contribution >= 0.6 is 15.9 Å². The van der Waals surface area contributed by atoms with Gasteiger partial charge in [-0.05, 0) is 22.0 Å². The van der Waals surface area contributed by atoms with Crippen LogP contribution in [0, 0.1) is 0 Å². The summed E-state index contributed by atoms with van der Waals surface area (Å²) < 4.78 is 66.9. The van der Waals surface area contributed by atoms with Gasteiger partial charge in [-0.15, -0.1) is 0 Å². The van der Waals surface area contributed by atoms with Crippen LogP contribution in [0.5, 0.6) is 0 Å². The van der Waals surface area contributed by atoms with Crippen LogP contribution in [-0.4, -0.2) is 18.1 Å². The number of hydrogen-bond donors (Lipinski definition) is 0. The van der Waals surface area contributed by atoms with E-state index in [9.17, 15) is 26.7 Å². The van der Waals surface area contributed by atoms with Gasteiger partial charge in [0, 0.05) is 0 Å². The second-order valence-corrected chi connectivity index (χ2v) is 3.86. The van der Waals surface area contributed by atoms with E-state index in [0.717, 1.165) is 7.11 Å².